The molecule has 4 aliphatic carbocycles. The molecule has 0 aliphatic heterocycles. The van der Waals surface area contributed by atoms with E-state index in [1.807, 2.05) is 0 Å². The summed E-state index contributed by atoms with van der Waals surface area (Å²) in [5.41, 5.74) is 1.62. The Bertz CT molecular complexity index is 1030. The van der Waals surface area contributed by atoms with Crippen LogP contribution >= 0.6 is 0 Å². The first-order valence-electron chi connectivity index (χ1n) is 18.6. The van der Waals surface area contributed by atoms with Gasteiger partial charge in [-0.1, -0.05) is 69.6 Å². The largest absolute Gasteiger partial charge is 0.462 e. The maximum absolute atomic E-state index is 12.0. The Morgan fingerprint density at radius 1 is 0.783 bits per heavy atom. The number of aliphatic hydroxyl groups is 2. The Hall–Kier alpha value is -2.18. The van der Waals surface area contributed by atoms with E-state index in [0.717, 1.165) is 48.3 Å². The number of allylic oxidation sites excluding steroid dienone is 4. The van der Waals surface area contributed by atoms with E-state index in [-0.39, 0.29) is 30.3 Å². The molecule has 46 heavy (non-hydrogen) atoms. The summed E-state index contributed by atoms with van der Waals surface area (Å²) in [6, 6.07) is 0. The number of aliphatic hydroxyl groups excluding tert-OH is 2. The average Bonchev–Trinajstić information content (AvgIpc) is 3.10. The summed E-state index contributed by atoms with van der Waals surface area (Å²) in [5, 5.41) is 18.3. The molecule has 6 nitrogen and oxygen atoms in total. The number of esters is 2. The molecule has 3 unspecified atom stereocenters. The molecule has 0 saturated heterocycles. The highest BCUT2D eigenvalue weighted by atomic mass is 16.5. The van der Waals surface area contributed by atoms with Crippen LogP contribution in [0.3, 0.4) is 0 Å². The molecule has 0 heterocycles. The van der Waals surface area contributed by atoms with Crippen molar-refractivity contribution >= 4 is 11.9 Å². The number of fused-ring (bicyclic) bond motifs is 1. The van der Waals surface area contributed by atoms with Crippen molar-refractivity contribution in [2.24, 2.45) is 47.3 Å². The minimum Gasteiger partial charge on any atom is -0.462 e. The van der Waals surface area contributed by atoms with Crippen LogP contribution < -0.4 is 0 Å². The summed E-state index contributed by atoms with van der Waals surface area (Å²) in [6.45, 7) is 8.65. The van der Waals surface area contributed by atoms with Gasteiger partial charge in [-0.15, -0.1) is 0 Å². The molecule has 0 radical (unpaired) electrons. The third kappa shape index (κ3) is 10.9. The van der Waals surface area contributed by atoms with Crippen molar-refractivity contribution in [3.63, 3.8) is 0 Å². The van der Waals surface area contributed by atoms with Crippen LogP contribution in [0.1, 0.15) is 116 Å². The average molecular weight is 639 g/mol. The molecule has 0 spiro atoms. The Morgan fingerprint density at radius 2 is 1.33 bits per heavy atom. The highest BCUT2D eigenvalue weighted by Crippen LogP contribution is 2.48. The molecule has 0 aromatic rings. The predicted octanol–water partition coefficient (Wildman–Crippen LogP) is 8.29. The maximum atomic E-state index is 12.0. The first kappa shape index (κ1) is 36.7. The fourth-order valence-electron chi connectivity index (χ4n) is 8.89. The number of unbranched alkanes of at least 4 members (excludes halogenated alkanes) is 2. The van der Waals surface area contributed by atoms with Crippen molar-refractivity contribution in [3.8, 4) is 0 Å². The van der Waals surface area contributed by atoms with E-state index in [2.05, 4.69) is 38.3 Å². The Balaban J connectivity index is 1.15. The zero-order valence-corrected chi connectivity index (χ0v) is 28.6. The van der Waals surface area contributed by atoms with Crippen molar-refractivity contribution < 1.29 is 29.3 Å². The highest BCUT2D eigenvalue weighted by molar-refractivity contribution is 5.88. The molecule has 4 rings (SSSR count). The van der Waals surface area contributed by atoms with Gasteiger partial charge >= 0.3 is 11.9 Å². The molecule has 258 valence electrons. The van der Waals surface area contributed by atoms with Crippen molar-refractivity contribution in [1.29, 1.82) is 0 Å². The lowest BCUT2D eigenvalue weighted by atomic mass is 9.62. The number of carbonyl (C=O) groups excluding carboxylic acids is 2. The van der Waals surface area contributed by atoms with E-state index in [0.29, 0.717) is 5.92 Å². The molecule has 6 heteroatoms. The van der Waals surface area contributed by atoms with E-state index in [4.69, 9.17) is 19.7 Å². The molecule has 0 amide bonds. The first-order valence-corrected chi connectivity index (χ1v) is 18.6. The van der Waals surface area contributed by atoms with Gasteiger partial charge in [0.2, 0.25) is 0 Å². The molecule has 3 atom stereocenters. The van der Waals surface area contributed by atoms with Gasteiger partial charge in [0.25, 0.3) is 0 Å². The van der Waals surface area contributed by atoms with Gasteiger partial charge in [0.05, 0.1) is 37.6 Å². The summed E-state index contributed by atoms with van der Waals surface area (Å²) in [4.78, 5) is 24.1. The number of rotatable bonds is 17. The third-order valence-corrected chi connectivity index (χ3v) is 11.9. The minimum atomic E-state index is -0.628. The van der Waals surface area contributed by atoms with Crippen LogP contribution in [0.15, 0.2) is 48.1 Å². The van der Waals surface area contributed by atoms with Crippen LogP contribution in [0, 0.1) is 47.3 Å². The second kappa shape index (κ2) is 19.0. The molecule has 0 aromatic heterocycles. The normalized spacial score (nSPS) is 29.5. The zero-order chi connectivity index (χ0) is 32.9. The first-order chi connectivity index (χ1) is 22.3. The maximum Gasteiger partial charge on any atom is 0.335 e. The second-order valence-electron chi connectivity index (χ2n) is 15.1. The van der Waals surface area contributed by atoms with E-state index in [1.54, 1.807) is 5.57 Å². The Morgan fingerprint density at radius 3 is 1.89 bits per heavy atom. The molecule has 3 saturated carbocycles. The number of hydrogen-bond acceptors (Lipinski definition) is 6. The van der Waals surface area contributed by atoms with Crippen molar-refractivity contribution in [2.75, 3.05) is 26.4 Å². The van der Waals surface area contributed by atoms with E-state index in [9.17, 15) is 9.59 Å². The van der Waals surface area contributed by atoms with Gasteiger partial charge in [0.15, 0.2) is 0 Å². The smallest absolute Gasteiger partial charge is 0.335 e. The number of hydrogen-bond donors (Lipinski definition) is 2. The van der Waals surface area contributed by atoms with Gasteiger partial charge in [-0.2, -0.15) is 0 Å². The molecule has 0 aromatic carbocycles. The van der Waals surface area contributed by atoms with Gasteiger partial charge < -0.3 is 19.7 Å². The SMILES string of the molecule is C=C(CO)C(=O)OCC(CCC1CCC(C2CCC(C3CCC4C=C(CCCCC)C=CC4C3)CC2)CC1)COC(=O)C(=C)CO. The molecular weight excluding hydrogens is 576 g/mol. The summed E-state index contributed by atoms with van der Waals surface area (Å²) in [6.07, 6.45) is 29.7. The van der Waals surface area contributed by atoms with Crippen LogP contribution in [0.2, 0.25) is 0 Å². The monoisotopic (exact) mass is 638 g/mol. The van der Waals surface area contributed by atoms with Crippen molar-refractivity contribution in [1.82, 2.24) is 0 Å². The highest BCUT2D eigenvalue weighted by Gasteiger charge is 2.37. The van der Waals surface area contributed by atoms with Gasteiger partial charge in [-0.3, -0.25) is 0 Å². The zero-order valence-electron chi connectivity index (χ0n) is 28.6. The Kier molecular flexibility index (Phi) is 15.1. The summed E-state index contributed by atoms with van der Waals surface area (Å²) < 4.78 is 10.7. The topological polar surface area (TPSA) is 93.1 Å². The summed E-state index contributed by atoms with van der Waals surface area (Å²) in [5.74, 6) is 4.41. The quantitative estimate of drug-likeness (QED) is 0.0946. The van der Waals surface area contributed by atoms with Crippen molar-refractivity contribution in [3.05, 3.63) is 48.1 Å². The molecule has 3 fully saturated rings. The summed E-state index contributed by atoms with van der Waals surface area (Å²) >= 11 is 0. The van der Waals surface area contributed by atoms with Crippen LogP contribution in [0.5, 0.6) is 0 Å². The molecule has 0 bridgehead atoms. The predicted molar refractivity (Wildman–Crippen MR) is 184 cm³/mol. The second-order valence-corrected chi connectivity index (χ2v) is 15.1. The number of carbonyl (C=O) groups is 2. The molecular formula is C40H62O6. The van der Waals surface area contributed by atoms with E-state index >= 15 is 0 Å². The van der Waals surface area contributed by atoms with E-state index < -0.39 is 25.2 Å². The lowest BCUT2D eigenvalue weighted by Crippen LogP contribution is -2.32. The van der Waals surface area contributed by atoms with Crippen molar-refractivity contribution in [2.45, 2.75) is 116 Å². The van der Waals surface area contributed by atoms with Gasteiger partial charge in [0.1, 0.15) is 0 Å². The fourth-order valence-corrected chi connectivity index (χ4v) is 8.89. The standard InChI is InChI=1S/C40H62O6/c1-4-5-6-7-31-12-15-38-23-37(21-20-36(38)22-31)35-18-16-34(17-19-35)33-13-10-30(11-14-33)8-9-32(26-45-39(43)28(2)24-41)27-46-40(44)29(3)25-42/h12,15,22,30,32-38,41-42H,2-11,13-14,16-21,23-27H2,1H3. The van der Waals surface area contributed by atoms with Gasteiger partial charge in [0, 0.05) is 5.92 Å². The van der Waals surface area contributed by atoms with Crippen LogP contribution in [-0.2, 0) is 19.1 Å². The summed E-state index contributed by atoms with van der Waals surface area (Å²) in [7, 11) is 0. The van der Waals surface area contributed by atoms with Crippen LogP contribution in [0.25, 0.3) is 0 Å². The Labute approximate surface area is 278 Å². The lowest BCUT2D eigenvalue weighted by Gasteiger charge is -2.43. The molecule has 2 N–H and O–H groups in total. The number of ether oxygens (including phenoxy) is 2. The molecule has 4 aliphatic rings. The minimum absolute atomic E-state index is 0.00883. The van der Waals surface area contributed by atoms with Crippen LogP contribution in [-0.4, -0.2) is 48.6 Å². The van der Waals surface area contributed by atoms with Gasteiger partial charge in [-0.05, 0) is 125 Å². The van der Waals surface area contributed by atoms with Gasteiger partial charge in [-0.25, -0.2) is 9.59 Å². The van der Waals surface area contributed by atoms with E-state index in [1.165, 1.54) is 96.3 Å². The van der Waals surface area contributed by atoms with Crippen LogP contribution in [0.4, 0.5) is 0 Å². The third-order valence-electron chi connectivity index (χ3n) is 11.9. The fraction of sp³-hybridized carbons (Fsp3) is 0.750. The lowest BCUT2D eigenvalue weighted by molar-refractivity contribution is -0.144.